The Balaban J connectivity index is 1.73. The molecule has 1 aromatic carbocycles. The SMILES string of the molecule is CN1C(=O)CC(NCCOc2cccc(Br)c2)C1=O. The van der Waals surface area contributed by atoms with Crippen LogP contribution in [0.5, 0.6) is 5.75 Å². The number of hydrogen-bond donors (Lipinski definition) is 1. The largest absolute Gasteiger partial charge is 0.492 e. The van der Waals surface area contributed by atoms with Crippen molar-refractivity contribution < 1.29 is 14.3 Å². The highest BCUT2D eigenvalue weighted by Crippen LogP contribution is 2.17. The molecule has 0 aromatic heterocycles. The summed E-state index contributed by atoms with van der Waals surface area (Å²) in [5.74, 6) is 0.449. The van der Waals surface area contributed by atoms with Crippen molar-refractivity contribution in [3.8, 4) is 5.75 Å². The van der Waals surface area contributed by atoms with Crippen LogP contribution in [0.15, 0.2) is 28.7 Å². The lowest BCUT2D eigenvalue weighted by molar-refractivity contribution is -0.137. The number of likely N-dealkylation sites (tertiary alicyclic amines) is 1. The molecule has 19 heavy (non-hydrogen) atoms. The predicted molar refractivity (Wildman–Crippen MR) is 73.8 cm³/mol. The van der Waals surface area contributed by atoms with E-state index in [4.69, 9.17) is 4.74 Å². The van der Waals surface area contributed by atoms with E-state index in [1.165, 1.54) is 7.05 Å². The number of nitrogens with zero attached hydrogens (tertiary/aromatic N) is 1. The smallest absolute Gasteiger partial charge is 0.246 e. The third kappa shape index (κ3) is 3.54. The average molecular weight is 327 g/mol. The van der Waals surface area contributed by atoms with E-state index in [-0.39, 0.29) is 18.2 Å². The third-order valence-electron chi connectivity index (χ3n) is 2.94. The fraction of sp³-hybridized carbons (Fsp3) is 0.385. The standard InChI is InChI=1S/C13H15BrN2O3/c1-16-12(17)8-11(13(16)18)15-5-6-19-10-4-2-3-9(14)7-10/h2-4,7,11,15H,5-6,8H2,1H3. The summed E-state index contributed by atoms with van der Waals surface area (Å²) in [6.07, 6.45) is 0.228. The van der Waals surface area contributed by atoms with E-state index in [1.807, 2.05) is 24.3 Å². The summed E-state index contributed by atoms with van der Waals surface area (Å²) in [5, 5.41) is 3.03. The molecule has 1 aliphatic heterocycles. The Hall–Kier alpha value is -1.40. The maximum Gasteiger partial charge on any atom is 0.246 e. The number of likely N-dealkylation sites (N-methyl/N-ethyl adjacent to an activating group) is 1. The van der Waals surface area contributed by atoms with Crippen molar-refractivity contribution in [2.75, 3.05) is 20.2 Å². The molecule has 1 aromatic rings. The molecule has 1 unspecified atom stereocenters. The molecule has 0 spiro atoms. The molecule has 0 radical (unpaired) electrons. The van der Waals surface area contributed by atoms with Crippen LogP contribution in [0.2, 0.25) is 0 Å². The van der Waals surface area contributed by atoms with Crippen LogP contribution in [0.25, 0.3) is 0 Å². The Morgan fingerprint density at radius 2 is 2.26 bits per heavy atom. The van der Waals surface area contributed by atoms with Gasteiger partial charge in [0.25, 0.3) is 0 Å². The molecular weight excluding hydrogens is 312 g/mol. The van der Waals surface area contributed by atoms with Gasteiger partial charge < -0.3 is 10.1 Å². The first-order valence-corrected chi connectivity index (χ1v) is 6.79. The van der Waals surface area contributed by atoms with Crippen LogP contribution < -0.4 is 10.1 Å². The lowest BCUT2D eigenvalue weighted by Crippen LogP contribution is -2.39. The number of ether oxygens (including phenoxy) is 1. The summed E-state index contributed by atoms with van der Waals surface area (Å²) in [7, 11) is 1.50. The van der Waals surface area contributed by atoms with Gasteiger partial charge in [-0.15, -0.1) is 0 Å². The molecular formula is C13H15BrN2O3. The summed E-state index contributed by atoms with van der Waals surface area (Å²) < 4.78 is 6.49. The molecule has 6 heteroatoms. The van der Waals surface area contributed by atoms with Gasteiger partial charge in [0, 0.05) is 18.1 Å². The molecule has 1 N–H and O–H groups in total. The van der Waals surface area contributed by atoms with Gasteiger partial charge in [0.1, 0.15) is 12.4 Å². The van der Waals surface area contributed by atoms with E-state index in [0.29, 0.717) is 13.2 Å². The molecule has 1 saturated heterocycles. The second-order valence-corrected chi connectivity index (χ2v) is 5.22. The van der Waals surface area contributed by atoms with E-state index in [2.05, 4.69) is 21.2 Å². The van der Waals surface area contributed by atoms with Crippen molar-refractivity contribution >= 4 is 27.7 Å². The number of amides is 2. The summed E-state index contributed by atoms with van der Waals surface area (Å²) in [6, 6.07) is 7.13. The Labute approximate surface area is 120 Å². The van der Waals surface area contributed by atoms with Gasteiger partial charge in [-0.1, -0.05) is 22.0 Å². The molecule has 2 rings (SSSR count). The number of hydrogen-bond acceptors (Lipinski definition) is 4. The van der Waals surface area contributed by atoms with Crippen molar-refractivity contribution in [2.24, 2.45) is 0 Å². The van der Waals surface area contributed by atoms with E-state index < -0.39 is 6.04 Å². The Morgan fingerprint density at radius 1 is 1.47 bits per heavy atom. The van der Waals surface area contributed by atoms with Gasteiger partial charge in [0.2, 0.25) is 11.8 Å². The van der Waals surface area contributed by atoms with Crippen molar-refractivity contribution in [1.29, 1.82) is 0 Å². The molecule has 0 saturated carbocycles. The van der Waals surface area contributed by atoms with Crippen molar-refractivity contribution in [3.05, 3.63) is 28.7 Å². The second-order valence-electron chi connectivity index (χ2n) is 4.31. The van der Waals surface area contributed by atoms with Crippen molar-refractivity contribution in [3.63, 3.8) is 0 Å². The van der Waals surface area contributed by atoms with Gasteiger partial charge in [-0.2, -0.15) is 0 Å². The Morgan fingerprint density at radius 3 is 2.89 bits per heavy atom. The second kappa shape index (κ2) is 6.16. The highest BCUT2D eigenvalue weighted by atomic mass is 79.9. The molecule has 0 bridgehead atoms. The van der Waals surface area contributed by atoms with Crippen LogP contribution in [0.3, 0.4) is 0 Å². The number of rotatable bonds is 5. The first-order valence-electron chi connectivity index (χ1n) is 6.00. The van der Waals surface area contributed by atoms with Crippen LogP contribution in [-0.4, -0.2) is 43.0 Å². The lowest BCUT2D eigenvalue weighted by atomic mass is 10.2. The Kier molecular flexibility index (Phi) is 4.55. The molecule has 1 atom stereocenters. The van der Waals surface area contributed by atoms with Gasteiger partial charge in [-0.05, 0) is 18.2 Å². The molecule has 1 aliphatic rings. The topological polar surface area (TPSA) is 58.6 Å². The fourth-order valence-corrected chi connectivity index (χ4v) is 2.25. The number of carbonyl (C=O) groups excluding carboxylic acids is 2. The quantitative estimate of drug-likeness (QED) is 0.652. The first-order chi connectivity index (χ1) is 9.08. The van der Waals surface area contributed by atoms with Gasteiger partial charge in [0.05, 0.1) is 12.5 Å². The van der Waals surface area contributed by atoms with Crippen LogP contribution >= 0.6 is 15.9 Å². The van der Waals surface area contributed by atoms with Crippen LogP contribution in [-0.2, 0) is 9.59 Å². The molecule has 5 nitrogen and oxygen atoms in total. The third-order valence-corrected chi connectivity index (χ3v) is 3.43. The summed E-state index contributed by atoms with van der Waals surface area (Å²) in [6.45, 7) is 0.960. The number of imide groups is 1. The van der Waals surface area contributed by atoms with Crippen LogP contribution in [0, 0.1) is 0 Å². The zero-order valence-corrected chi connectivity index (χ0v) is 12.1. The molecule has 0 aliphatic carbocycles. The Bertz CT molecular complexity index is 493. The van der Waals surface area contributed by atoms with Gasteiger partial charge in [0.15, 0.2) is 0 Å². The predicted octanol–water partition coefficient (Wildman–Crippen LogP) is 1.17. The summed E-state index contributed by atoms with van der Waals surface area (Å²) >= 11 is 3.36. The van der Waals surface area contributed by atoms with Crippen LogP contribution in [0.1, 0.15) is 6.42 Å². The van der Waals surface area contributed by atoms with Crippen molar-refractivity contribution in [2.45, 2.75) is 12.5 Å². The van der Waals surface area contributed by atoms with Crippen LogP contribution in [0.4, 0.5) is 0 Å². The number of benzene rings is 1. The summed E-state index contributed by atoms with van der Waals surface area (Å²) in [5.41, 5.74) is 0. The lowest BCUT2D eigenvalue weighted by Gasteiger charge is -2.11. The van der Waals surface area contributed by atoms with E-state index in [1.54, 1.807) is 0 Å². The molecule has 1 fully saturated rings. The first kappa shape index (κ1) is 14.0. The van der Waals surface area contributed by atoms with Crippen molar-refractivity contribution in [1.82, 2.24) is 10.2 Å². The minimum absolute atomic E-state index is 0.143. The summed E-state index contributed by atoms with van der Waals surface area (Å²) in [4.78, 5) is 24.1. The number of nitrogens with one attached hydrogen (secondary N) is 1. The molecule has 1 heterocycles. The van der Waals surface area contributed by atoms with Gasteiger partial charge in [-0.3, -0.25) is 14.5 Å². The van der Waals surface area contributed by atoms with Gasteiger partial charge in [-0.25, -0.2) is 0 Å². The fourth-order valence-electron chi connectivity index (χ4n) is 1.87. The van der Waals surface area contributed by atoms with E-state index in [9.17, 15) is 9.59 Å². The monoisotopic (exact) mass is 326 g/mol. The highest BCUT2D eigenvalue weighted by Gasteiger charge is 2.35. The minimum Gasteiger partial charge on any atom is -0.492 e. The normalized spacial score (nSPS) is 19.1. The average Bonchev–Trinajstić information content (AvgIpc) is 2.62. The van der Waals surface area contributed by atoms with E-state index >= 15 is 0 Å². The maximum absolute atomic E-state index is 11.6. The number of halogens is 1. The highest BCUT2D eigenvalue weighted by molar-refractivity contribution is 9.10. The maximum atomic E-state index is 11.6. The molecule has 2 amide bonds. The molecule has 102 valence electrons. The van der Waals surface area contributed by atoms with Gasteiger partial charge >= 0.3 is 0 Å². The zero-order chi connectivity index (χ0) is 13.8. The number of carbonyl (C=O) groups is 2. The zero-order valence-electron chi connectivity index (χ0n) is 10.6. The minimum atomic E-state index is -0.413. The van der Waals surface area contributed by atoms with E-state index in [0.717, 1.165) is 15.1 Å².